The highest BCUT2D eigenvalue weighted by molar-refractivity contribution is 6.32. The van der Waals surface area contributed by atoms with Gasteiger partial charge in [0.05, 0.1) is 17.7 Å². The van der Waals surface area contributed by atoms with Gasteiger partial charge in [0.2, 0.25) is 5.91 Å². The van der Waals surface area contributed by atoms with Crippen LogP contribution in [0.4, 0.5) is 0 Å². The summed E-state index contributed by atoms with van der Waals surface area (Å²) in [4.78, 5) is 29.4. The molecule has 34 heavy (non-hydrogen) atoms. The maximum Gasteiger partial charge on any atom is 0.271 e. The Bertz CT molecular complexity index is 1260. The van der Waals surface area contributed by atoms with Crippen LogP contribution in [0.5, 0.6) is 5.75 Å². The van der Waals surface area contributed by atoms with Crippen molar-refractivity contribution in [1.29, 1.82) is 0 Å². The molecule has 4 rings (SSSR count). The van der Waals surface area contributed by atoms with E-state index in [4.69, 9.17) is 11.6 Å². The Morgan fingerprint density at radius 3 is 2.68 bits per heavy atom. The van der Waals surface area contributed by atoms with Gasteiger partial charge in [0.15, 0.2) is 0 Å². The molecule has 2 amide bonds. The number of rotatable bonds is 6. The van der Waals surface area contributed by atoms with Crippen LogP contribution in [-0.4, -0.2) is 66.2 Å². The second kappa shape index (κ2) is 10.2. The van der Waals surface area contributed by atoms with Crippen molar-refractivity contribution in [2.45, 2.75) is 18.9 Å². The number of benzene rings is 3. The van der Waals surface area contributed by atoms with E-state index in [1.807, 2.05) is 48.3 Å². The lowest BCUT2D eigenvalue weighted by Crippen LogP contribution is -2.39. The molecular formula is C26H27ClN4O3. The molecule has 1 aliphatic heterocycles. The predicted molar refractivity (Wildman–Crippen MR) is 135 cm³/mol. The fourth-order valence-corrected chi connectivity index (χ4v) is 4.42. The first-order valence-electron chi connectivity index (χ1n) is 11.1. The van der Waals surface area contributed by atoms with E-state index in [1.54, 1.807) is 6.21 Å². The first-order chi connectivity index (χ1) is 16.3. The van der Waals surface area contributed by atoms with Crippen molar-refractivity contribution in [2.75, 3.05) is 27.2 Å². The smallest absolute Gasteiger partial charge is 0.271 e. The molecule has 0 spiro atoms. The Hall–Kier alpha value is -3.42. The van der Waals surface area contributed by atoms with Gasteiger partial charge in [-0.25, -0.2) is 5.43 Å². The second-order valence-corrected chi connectivity index (χ2v) is 9.02. The lowest BCUT2D eigenvalue weighted by Gasteiger charge is -2.25. The van der Waals surface area contributed by atoms with E-state index in [0.717, 1.165) is 41.4 Å². The number of nitrogens with one attached hydrogen (secondary N) is 1. The Labute approximate surface area is 203 Å². The molecule has 1 fully saturated rings. The number of carbonyl (C=O) groups is 2. The van der Waals surface area contributed by atoms with Crippen molar-refractivity contribution in [3.63, 3.8) is 0 Å². The Morgan fingerprint density at radius 1 is 1.21 bits per heavy atom. The number of aromatic hydroxyl groups is 1. The SMILES string of the molecule is CN1CCC(N(C)C(=O)Cc2ccc(/C=N/NC(=O)c3ccc(O)c(Cl)c3)c3ccccc23)C1. The molecule has 0 bridgehead atoms. The Morgan fingerprint density at radius 2 is 1.97 bits per heavy atom. The average molecular weight is 479 g/mol. The highest BCUT2D eigenvalue weighted by atomic mass is 35.5. The van der Waals surface area contributed by atoms with Crippen LogP contribution >= 0.6 is 11.6 Å². The molecule has 1 saturated heterocycles. The largest absolute Gasteiger partial charge is 0.506 e. The van der Waals surface area contributed by atoms with E-state index < -0.39 is 5.91 Å². The summed E-state index contributed by atoms with van der Waals surface area (Å²) >= 11 is 5.87. The standard InChI is InChI=1S/C26H27ClN4O3/c1-30-12-11-20(16-30)31(2)25(33)14-17-7-8-19(22-6-4-3-5-21(17)22)15-28-29-26(34)18-9-10-24(32)23(27)13-18/h3-10,13,15,20,32H,11-12,14,16H2,1-2H3,(H,29,34)/b28-15+. The van der Waals surface area contributed by atoms with Gasteiger partial charge in [0, 0.05) is 30.8 Å². The summed E-state index contributed by atoms with van der Waals surface area (Å²) in [6.45, 7) is 1.91. The first kappa shape index (κ1) is 23.7. The lowest BCUT2D eigenvalue weighted by atomic mass is 9.97. The van der Waals surface area contributed by atoms with Crippen LogP contribution in [0.15, 0.2) is 59.7 Å². The summed E-state index contributed by atoms with van der Waals surface area (Å²) in [5, 5.41) is 15.6. The molecule has 2 N–H and O–H groups in total. The number of likely N-dealkylation sites (tertiary alicyclic amines) is 1. The summed E-state index contributed by atoms with van der Waals surface area (Å²) < 4.78 is 0. The van der Waals surface area contributed by atoms with Gasteiger partial charge in [0.25, 0.3) is 5.91 Å². The van der Waals surface area contributed by atoms with Crippen molar-refractivity contribution in [3.05, 3.63) is 76.3 Å². The maximum atomic E-state index is 13.0. The highest BCUT2D eigenvalue weighted by Gasteiger charge is 2.26. The lowest BCUT2D eigenvalue weighted by molar-refractivity contribution is -0.131. The number of hydrazone groups is 1. The molecule has 176 valence electrons. The normalized spacial score (nSPS) is 16.3. The van der Waals surface area contributed by atoms with Gasteiger partial charge in [-0.1, -0.05) is 48.0 Å². The van der Waals surface area contributed by atoms with Crippen LogP contribution in [-0.2, 0) is 11.2 Å². The molecule has 0 radical (unpaired) electrons. The zero-order valence-corrected chi connectivity index (χ0v) is 19.9. The molecule has 3 aromatic carbocycles. The minimum absolute atomic E-state index is 0.0893. The topological polar surface area (TPSA) is 85.2 Å². The molecule has 0 saturated carbocycles. The Kier molecular flexibility index (Phi) is 7.14. The summed E-state index contributed by atoms with van der Waals surface area (Å²) in [6.07, 6.45) is 2.90. The molecule has 1 aliphatic rings. The number of halogens is 1. The number of amides is 2. The van der Waals surface area contributed by atoms with Crippen molar-refractivity contribution in [2.24, 2.45) is 5.10 Å². The van der Waals surface area contributed by atoms with E-state index in [2.05, 4.69) is 22.5 Å². The third-order valence-corrected chi connectivity index (χ3v) is 6.58. The van der Waals surface area contributed by atoms with Crippen LogP contribution in [0.2, 0.25) is 5.02 Å². The van der Waals surface area contributed by atoms with Crippen molar-refractivity contribution < 1.29 is 14.7 Å². The minimum atomic E-state index is -0.440. The van der Waals surface area contributed by atoms with Gasteiger partial charge in [0.1, 0.15) is 5.75 Å². The number of fused-ring (bicyclic) bond motifs is 1. The number of hydrogen-bond donors (Lipinski definition) is 2. The molecule has 1 atom stereocenters. The number of hydrogen-bond acceptors (Lipinski definition) is 5. The van der Waals surface area contributed by atoms with E-state index in [1.165, 1.54) is 18.2 Å². The monoisotopic (exact) mass is 478 g/mol. The van der Waals surface area contributed by atoms with Crippen molar-refractivity contribution >= 4 is 40.4 Å². The Balaban J connectivity index is 1.49. The maximum absolute atomic E-state index is 13.0. The molecule has 7 nitrogen and oxygen atoms in total. The number of nitrogens with zero attached hydrogens (tertiary/aromatic N) is 3. The highest BCUT2D eigenvalue weighted by Crippen LogP contribution is 2.25. The summed E-state index contributed by atoms with van der Waals surface area (Å²) in [5.41, 5.74) is 4.55. The molecule has 1 unspecified atom stereocenters. The summed E-state index contributed by atoms with van der Waals surface area (Å²) in [7, 11) is 3.97. The van der Waals surface area contributed by atoms with Gasteiger partial charge >= 0.3 is 0 Å². The predicted octanol–water partition coefficient (Wildman–Crippen LogP) is 3.67. The number of phenolic OH excluding ortho intramolecular Hbond substituents is 1. The number of phenols is 1. The van der Waals surface area contributed by atoms with E-state index >= 15 is 0 Å². The quantitative estimate of drug-likeness (QED) is 0.418. The van der Waals surface area contributed by atoms with Gasteiger partial charge in [-0.2, -0.15) is 5.10 Å². The fourth-order valence-electron chi connectivity index (χ4n) is 4.24. The van der Waals surface area contributed by atoms with Gasteiger partial charge < -0.3 is 14.9 Å². The third-order valence-electron chi connectivity index (χ3n) is 6.28. The third kappa shape index (κ3) is 5.21. The van der Waals surface area contributed by atoms with E-state index in [-0.39, 0.29) is 28.3 Å². The fraction of sp³-hybridized carbons (Fsp3) is 0.269. The van der Waals surface area contributed by atoms with Crippen LogP contribution in [0, 0.1) is 0 Å². The zero-order valence-electron chi connectivity index (χ0n) is 19.2. The molecule has 0 aromatic heterocycles. The van der Waals surface area contributed by atoms with E-state index in [9.17, 15) is 14.7 Å². The van der Waals surface area contributed by atoms with Crippen LogP contribution < -0.4 is 5.43 Å². The summed E-state index contributed by atoms with van der Waals surface area (Å²) in [5.74, 6) is -0.425. The van der Waals surface area contributed by atoms with Crippen LogP contribution in [0.25, 0.3) is 10.8 Å². The van der Waals surface area contributed by atoms with Crippen molar-refractivity contribution in [1.82, 2.24) is 15.2 Å². The molecule has 0 aliphatic carbocycles. The van der Waals surface area contributed by atoms with Crippen molar-refractivity contribution in [3.8, 4) is 5.75 Å². The average Bonchev–Trinajstić information content (AvgIpc) is 3.27. The molecule has 1 heterocycles. The summed E-state index contributed by atoms with van der Waals surface area (Å²) in [6, 6.07) is 16.2. The molecule has 3 aromatic rings. The molecule has 8 heteroatoms. The van der Waals surface area contributed by atoms with Crippen LogP contribution in [0.1, 0.15) is 27.9 Å². The first-order valence-corrected chi connectivity index (χ1v) is 11.5. The number of likely N-dealkylation sites (N-methyl/N-ethyl adjacent to an activating group) is 2. The van der Waals surface area contributed by atoms with Gasteiger partial charge in [-0.3, -0.25) is 9.59 Å². The number of carbonyl (C=O) groups excluding carboxylic acids is 2. The molecular weight excluding hydrogens is 452 g/mol. The zero-order chi connectivity index (χ0) is 24.2. The van der Waals surface area contributed by atoms with Gasteiger partial charge in [-0.15, -0.1) is 0 Å². The van der Waals surface area contributed by atoms with Gasteiger partial charge in [-0.05, 0) is 54.5 Å². The van der Waals surface area contributed by atoms with Crippen LogP contribution in [0.3, 0.4) is 0 Å². The van der Waals surface area contributed by atoms with E-state index in [0.29, 0.717) is 6.42 Å². The second-order valence-electron chi connectivity index (χ2n) is 8.61. The minimum Gasteiger partial charge on any atom is -0.506 e.